The minimum Gasteiger partial charge on any atom is -0.299 e. The van der Waals surface area contributed by atoms with Crippen molar-refractivity contribution in [2.75, 3.05) is 18.0 Å². The molecule has 3 aliphatic rings. The third-order valence-electron chi connectivity index (χ3n) is 8.67. The Morgan fingerprint density at radius 3 is 2.68 bits per heavy atom. The van der Waals surface area contributed by atoms with Crippen LogP contribution >= 0.6 is 0 Å². The van der Waals surface area contributed by atoms with E-state index in [1.54, 1.807) is 17.2 Å². The number of benzene rings is 2. The lowest BCUT2D eigenvalue weighted by Crippen LogP contribution is -2.33. The number of carbonyl (C=O) groups is 1. The van der Waals surface area contributed by atoms with Crippen LogP contribution in [0.1, 0.15) is 71.3 Å². The van der Waals surface area contributed by atoms with Crippen molar-refractivity contribution in [1.29, 1.82) is 0 Å². The van der Waals surface area contributed by atoms with Gasteiger partial charge in [0.25, 0.3) is 5.91 Å². The van der Waals surface area contributed by atoms with Gasteiger partial charge in [0, 0.05) is 42.0 Å². The Morgan fingerprint density at radius 2 is 1.88 bits per heavy atom. The summed E-state index contributed by atoms with van der Waals surface area (Å²) < 4.78 is 14.5. The second-order valence-corrected chi connectivity index (χ2v) is 12.0. The molecule has 1 amide bonds. The number of carbonyl (C=O) groups excluding carboxylic acids is 1. The summed E-state index contributed by atoms with van der Waals surface area (Å²) in [4.78, 5) is 31.7. The normalized spacial score (nSPS) is 19.0. The van der Waals surface area contributed by atoms with E-state index in [1.165, 1.54) is 36.9 Å². The average Bonchev–Trinajstić information content (AvgIpc) is 3.77. The van der Waals surface area contributed by atoms with E-state index in [4.69, 9.17) is 4.98 Å². The average molecular weight is 548 g/mol. The van der Waals surface area contributed by atoms with E-state index in [2.05, 4.69) is 46.1 Å². The molecule has 1 aliphatic carbocycles. The maximum Gasteiger partial charge on any atom is 0.260 e. The van der Waals surface area contributed by atoms with Gasteiger partial charge in [0.1, 0.15) is 18.0 Å². The molecule has 0 unspecified atom stereocenters. The summed E-state index contributed by atoms with van der Waals surface area (Å²) in [5, 5.41) is 0. The fraction of sp³-hybridized carbons (Fsp3) is 0.353. The molecule has 4 heterocycles. The highest BCUT2D eigenvalue weighted by Crippen LogP contribution is 2.43. The van der Waals surface area contributed by atoms with Gasteiger partial charge in [-0.05, 0) is 103 Å². The van der Waals surface area contributed by atoms with E-state index in [0.29, 0.717) is 35.5 Å². The van der Waals surface area contributed by atoms with Crippen LogP contribution in [0.4, 0.5) is 10.2 Å². The molecule has 41 heavy (non-hydrogen) atoms. The summed E-state index contributed by atoms with van der Waals surface area (Å²) in [6, 6.07) is 15.2. The van der Waals surface area contributed by atoms with Gasteiger partial charge >= 0.3 is 0 Å². The number of anilines is 1. The number of aryl methyl sites for hydroxylation is 1. The van der Waals surface area contributed by atoms with E-state index >= 15 is 0 Å². The largest absolute Gasteiger partial charge is 0.299 e. The molecule has 2 fully saturated rings. The van der Waals surface area contributed by atoms with Crippen LogP contribution < -0.4 is 4.90 Å². The van der Waals surface area contributed by atoms with Crippen LogP contribution in [0.15, 0.2) is 61.1 Å². The van der Waals surface area contributed by atoms with Gasteiger partial charge in [0.05, 0.1) is 12.2 Å². The SMILES string of the molecule is Cc1cncnc1-c1cc(F)ccc1-c1cc(C2CC2)nc(N2Cc3ccc(CN4CCC[C@H](C)C4)cc3C2=O)c1. The van der Waals surface area contributed by atoms with Gasteiger partial charge in [-0.2, -0.15) is 0 Å². The van der Waals surface area contributed by atoms with Crippen molar-refractivity contribution in [3.05, 3.63) is 94.8 Å². The fourth-order valence-electron chi connectivity index (χ4n) is 6.38. The van der Waals surface area contributed by atoms with Gasteiger partial charge in [0.2, 0.25) is 0 Å². The number of aromatic nitrogens is 3. The Labute approximate surface area is 240 Å². The number of rotatable bonds is 6. The van der Waals surface area contributed by atoms with Crippen LogP contribution in [0, 0.1) is 18.7 Å². The number of fused-ring (bicyclic) bond motifs is 1. The highest BCUT2D eigenvalue weighted by Gasteiger charge is 2.33. The molecule has 0 radical (unpaired) electrons. The minimum absolute atomic E-state index is 0.00812. The quantitative estimate of drug-likeness (QED) is 0.262. The molecule has 208 valence electrons. The molecule has 7 rings (SSSR count). The van der Waals surface area contributed by atoms with Crippen molar-refractivity contribution in [3.8, 4) is 22.4 Å². The van der Waals surface area contributed by atoms with Gasteiger partial charge in [-0.25, -0.2) is 19.3 Å². The molecule has 6 nitrogen and oxygen atoms in total. The Morgan fingerprint density at radius 1 is 1.00 bits per heavy atom. The summed E-state index contributed by atoms with van der Waals surface area (Å²) in [6.07, 6.45) is 7.93. The lowest BCUT2D eigenvalue weighted by Gasteiger charge is -2.30. The summed E-state index contributed by atoms with van der Waals surface area (Å²) >= 11 is 0. The third-order valence-corrected chi connectivity index (χ3v) is 8.67. The van der Waals surface area contributed by atoms with E-state index in [-0.39, 0.29) is 11.7 Å². The minimum atomic E-state index is -0.321. The van der Waals surface area contributed by atoms with Gasteiger partial charge < -0.3 is 0 Å². The summed E-state index contributed by atoms with van der Waals surface area (Å²) in [6.45, 7) is 7.84. The van der Waals surface area contributed by atoms with E-state index < -0.39 is 0 Å². The lowest BCUT2D eigenvalue weighted by molar-refractivity contribution is 0.0995. The summed E-state index contributed by atoms with van der Waals surface area (Å²) in [5.74, 6) is 1.42. The number of halogens is 1. The van der Waals surface area contributed by atoms with E-state index in [0.717, 1.165) is 66.0 Å². The zero-order chi connectivity index (χ0) is 28.1. The Hall–Kier alpha value is -3.97. The van der Waals surface area contributed by atoms with Crippen molar-refractivity contribution in [1.82, 2.24) is 19.9 Å². The molecule has 7 heteroatoms. The van der Waals surface area contributed by atoms with Crippen molar-refractivity contribution < 1.29 is 9.18 Å². The van der Waals surface area contributed by atoms with Crippen LogP contribution in [-0.4, -0.2) is 38.8 Å². The molecule has 2 aromatic carbocycles. The third kappa shape index (κ3) is 5.15. The molecule has 1 saturated carbocycles. The summed E-state index contributed by atoms with van der Waals surface area (Å²) in [7, 11) is 0. The summed E-state index contributed by atoms with van der Waals surface area (Å²) in [5.41, 5.74) is 8.01. The maximum absolute atomic E-state index is 14.5. The molecular formula is C34H34FN5O. The molecule has 1 saturated heterocycles. The first-order chi connectivity index (χ1) is 19.9. The first-order valence-electron chi connectivity index (χ1n) is 14.7. The highest BCUT2D eigenvalue weighted by atomic mass is 19.1. The van der Waals surface area contributed by atoms with Gasteiger partial charge in [-0.3, -0.25) is 14.6 Å². The molecule has 0 N–H and O–H groups in total. The Kier molecular flexibility index (Phi) is 6.62. The van der Waals surface area contributed by atoms with Crippen molar-refractivity contribution >= 4 is 11.7 Å². The number of likely N-dealkylation sites (tertiary alicyclic amines) is 1. The number of hydrogen-bond acceptors (Lipinski definition) is 5. The second kappa shape index (κ2) is 10.5. The lowest BCUT2D eigenvalue weighted by atomic mass is 9.95. The van der Waals surface area contributed by atoms with Crippen LogP contribution in [-0.2, 0) is 13.1 Å². The van der Waals surface area contributed by atoms with E-state index in [9.17, 15) is 9.18 Å². The number of piperidine rings is 1. The monoisotopic (exact) mass is 547 g/mol. The molecule has 4 aromatic rings. The predicted molar refractivity (Wildman–Crippen MR) is 158 cm³/mol. The Bertz CT molecular complexity index is 1650. The molecule has 0 spiro atoms. The van der Waals surface area contributed by atoms with Crippen LogP contribution in [0.25, 0.3) is 22.4 Å². The molecule has 0 bridgehead atoms. The zero-order valence-electron chi connectivity index (χ0n) is 23.6. The van der Waals surface area contributed by atoms with Gasteiger partial charge in [0.15, 0.2) is 0 Å². The zero-order valence-corrected chi connectivity index (χ0v) is 23.6. The van der Waals surface area contributed by atoms with Gasteiger partial charge in [-0.15, -0.1) is 0 Å². The highest BCUT2D eigenvalue weighted by molar-refractivity contribution is 6.10. The van der Waals surface area contributed by atoms with E-state index in [1.807, 2.05) is 13.0 Å². The smallest absolute Gasteiger partial charge is 0.260 e. The van der Waals surface area contributed by atoms with Crippen LogP contribution in [0.2, 0.25) is 0 Å². The predicted octanol–water partition coefficient (Wildman–Crippen LogP) is 6.92. The van der Waals surface area contributed by atoms with Crippen molar-refractivity contribution in [2.45, 2.75) is 58.5 Å². The second-order valence-electron chi connectivity index (χ2n) is 12.0. The molecular weight excluding hydrogens is 513 g/mol. The first kappa shape index (κ1) is 26.0. The van der Waals surface area contributed by atoms with Crippen molar-refractivity contribution in [3.63, 3.8) is 0 Å². The van der Waals surface area contributed by atoms with Crippen LogP contribution in [0.5, 0.6) is 0 Å². The molecule has 2 aromatic heterocycles. The number of amides is 1. The number of nitrogens with zero attached hydrogens (tertiary/aromatic N) is 5. The molecule has 2 aliphatic heterocycles. The number of hydrogen-bond donors (Lipinski definition) is 0. The fourth-order valence-corrected chi connectivity index (χ4v) is 6.38. The molecule has 1 atom stereocenters. The maximum atomic E-state index is 14.5. The number of pyridine rings is 1. The topological polar surface area (TPSA) is 62.2 Å². The standard InChI is InChI=1S/C34H34FN5O/c1-21-4-3-11-39(17-21)18-23-5-6-25-19-40(34(41)29(25)12-23)32-14-26(13-31(38-32)24-7-8-24)28-10-9-27(35)15-30(28)33-22(2)16-36-20-37-33/h5-6,9-10,12-16,20-21,24H,3-4,7-8,11,17-19H2,1-2H3/t21-/m0/s1. The van der Waals surface area contributed by atoms with Crippen molar-refractivity contribution in [2.24, 2.45) is 5.92 Å². The van der Waals surface area contributed by atoms with Crippen LogP contribution in [0.3, 0.4) is 0 Å². The van der Waals surface area contributed by atoms with Gasteiger partial charge in [-0.1, -0.05) is 25.1 Å². The Balaban J connectivity index is 1.24. The first-order valence-corrected chi connectivity index (χ1v) is 14.7.